The molecule has 8 nitrogen and oxygen atoms in total. The molecule has 0 atom stereocenters. The number of halogens is 3. The van der Waals surface area contributed by atoms with Gasteiger partial charge in [-0.1, -0.05) is 0 Å². The van der Waals surface area contributed by atoms with Crippen LogP contribution in [0.5, 0.6) is 5.75 Å². The number of aryl methyl sites for hydroxylation is 1. The van der Waals surface area contributed by atoms with E-state index in [-0.39, 0.29) is 53.4 Å². The van der Waals surface area contributed by atoms with Gasteiger partial charge in [0.2, 0.25) is 5.91 Å². The highest BCUT2D eigenvalue weighted by Crippen LogP contribution is 2.24. The van der Waals surface area contributed by atoms with E-state index in [0.29, 0.717) is 17.1 Å². The molecule has 1 amide bonds. The molecule has 0 aliphatic heterocycles. The van der Waals surface area contributed by atoms with Gasteiger partial charge in [0.15, 0.2) is 0 Å². The Bertz CT molecular complexity index is 1270. The smallest absolute Gasteiger partial charge is 0.269 e. The molecule has 35 heavy (non-hydrogen) atoms. The highest BCUT2D eigenvalue weighted by atomic mass is 79.9. The first-order valence-electron chi connectivity index (χ1n) is 10.7. The Morgan fingerprint density at radius 1 is 1.20 bits per heavy atom. The van der Waals surface area contributed by atoms with Crippen LogP contribution in [0.15, 0.2) is 45.9 Å². The molecule has 0 saturated carbocycles. The van der Waals surface area contributed by atoms with Gasteiger partial charge in [0.25, 0.3) is 5.56 Å². The molecule has 0 aliphatic carbocycles. The largest absolute Gasteiger partial charge is 0.487 e. The summed E-state index contributed by atoms with van der Waals surface area (Å²) >= 11 is 3.24. The minimum atomic E-state index is -1.01. The van der Waals surface area contributed by atoms with E-state index in [0.717, 1.165) is 12.1 Å². The molecule has 186 valence electrons. The zero-order chi connectivity index (χ0) is 25.8. The summed E-state index contributed by atoms with van der Waals surface area (Å²) in [6.45, 7) is 4.97. The molecule has 2 heterocycles. The Hall–Kier alpha value is -3.18. The second-order valence-electron chi connectivity index (χ2n) is 8.64. The van der Waals surface area contributed by atoms with E-state index in [4.69, 9.17) is 4.74 Å². The maximum Gasteiger partial charge on any atom is 0.269 e. The Balaban J connectivity index is 1.67. The van der Waals surface area contributed by atoms with E-state index in [2.05, 4.69) is 31.2 Å². The Labute approximate surface area is 209 Å². The van der Waals surface area contributed by atoms with Crippen molar-refractivity contribution in [3.63, 3.8) is 0 Å². The Morgan fingerprint density at radius 2 is 1.89 bits per heavy atom. The number of amides is 1. The topological polar surface area (TPSA) is 106 Å². The second-order valence-corrected chi connectivity index (χ2v) is 9.44. The first kappa shape index (κ1) is 26.4. The molecule has 0 fully saturated rings. The summed E-state index contributed by atoms with van der Waals surface area (Å²) in [5, 5.41) is 12.3. The summed E-state index contributed by atoms with van der Waals surface area (Å²) in [5.41, 5.74) is 0.293. The van der Waals surface area contributed by atoms with E-state index in [1.54, 1.807) is 26.8 Å². The minimum Gasteiger partial charge on any atom is -0.487 e. The van der Waals surface area contributed by atoms with Gasteiger partial charge in [-0.3, -0.25) is 19.6 Å². The van der Waals surface area contributed by atoms with E-state index >= 15 is 0 Å². The molecule has 0 bridgehead atoms. The Kier molecular flexibility index (Phi) is 8.34. The van der Waals surface area contributed by atoms with Gasteiger partial charge in [-0.2, -0.15) is 0 Å². The predicted octanol–water partition coefficient (Wildman–Crippen LogP) is 3.04. The first-order chi connectivity index (χ1) is 16.4. The van der Waals surface area contributed by atoms with Crippen molar-refractivity contribution in [3.05, 3.63) is 85.8 Å². The molecule has 3 rings (SSSR count). The lowest BCUT2D eigenvalue weighted by Gasteiger charge is -2.17. The molecule has 0 spiro atoms. The van der Waals surface area contributed by atoms with Crippen LogP contribution in [0.25, 0.3) is 0 Å². The average molecular weight is 551 g/mol. The lowest BCUT2D eigenvalue weighted by molar-refractivity contribution is -0.121. The van der Waals surface area contributed by atoms with Gasteiger partial charge >= 0.3 is 0 Å². The van der Waals surface area contributed by atoms with Crippen molar-refractivity contribution in [1.29, 1.82) is 0 Å². The fourth-order valence-electron chi connectivity index (χ4n) is 3.07. The van der Waals surface area contributed by atoms with Gasteiger partial charge in [-0.25, -0.2) is 8.78 Å². The third-order valence-corrected chi connectivity index (χ3v) is 5.68. The van der Waals surface area contributed by atoms with Crippen LogP contribution >= 0.6 is 15.9 Å². The summed E-state index contributed by atoms with van der Waals surface area (Å²) in [6.07, 6.45) is 2.96. The van der Waals surface area contributed by atoms with E-state index in [1.807, 2.05) is 0 Å². The molecule has 2 N–H and O–H groups in total. The van der Waals surface area contributed by atoms with Crippen LogP contribution in [0.1, 0.15) is 36.5 Å². The van der Waals surface area contributed by atoms with Crippen LogP contribution < -0.4 is 15.6 Å². The maximum absolute atomic E-state index is 13.9. The zero-order valence-corrected chi connectivity index (χ0v) is 21.0. The number of hydrogen-bond donors (Lipinski definition) is 2. The van der Waals surface area contributed by atoms with Crippen molar-refractivity contribution >= 4 is 21.8 Å². The fourth-order valence-corrected chi connectivity index (χ4v) is 3.51. The fraction of sp³-hybridized carbons (Fsp3) is 0.333. The van der Waals surface area contributed by atoms with Crippen molar-refractivity contribution in [3.8, 4) is 5.75 Å². The normalized spacial score (nSPS) is 11.4. The summed E-state index contributed by atoms with van der Waals surface area (Å²) in [6, 6.07) is 4.81. The number of nitrogens with zero attached hydrogens (tertiary/aromatic N) is 3. The SMILES string of the molecule is Cc1cc(OCc2ccc(F)cc2F)c(Br)c(=O)n1Cc1cnc(CC(=O)NCC(C)(C)O)cn1. The van der Waals surface area contributed by atoms with Crippen LogP contribution in [0.2, 0.25) is 0 Å². The highest BCUT2D eigenvalue weighted by Gasteiger charge is 2.16. The van der Waals surface area contributed by atoms with Gasteiger partial charge in [-0.05, 0) is 48.8 Å². The number of carbonyl (C=O) groups is 1. The van der Waals surface area contributed by atoms with Crippen molar-refractivity contribution in [2.24, 2.45) is 0 Å². The number of aliphatic hydroxyl groups is 1. The zero-order valence-electron chi connectivity index (χ0n) is 19.4. The summed E-state index contributed by atoms with van der Waals surface area (Å²) in [5.74, 6) is -1.48. The van der Waals surface area contributed by atoms with Crippen molar-refractivity contribution in [1.82, 2.24) is 19.9 Å². The van der Waals surface area contributed by atoms with Crippen molar-refractivity contribution < 1.29 is 23.4 Å². The van der Waals surface area contributed by atoms with Crippen molar-refractivity contribution in [2.75, 3.05) is 6.54 Å². The monoisotopic (exact) mass is 550 g/mol. The molecule has 0 unspecified atom stereocenters. The molecule has 11 heteroatoms. The third-order valence-electron chi connectivity index (χ3n) is 4.95. The van der Waals surface area contributed by atoms with E-state index in [1.165, 1.54) is 23.0 Å². The molecule has 1 aromatic carbocycles. The van der Waals surface area contributed by atoms with E-state index < -0.39 is 17.2 Å². The quantitative estimate of drug-likeness (QED) is 0.424. The minimum absolute atomic E-state index is 0.00850. The molecule has 0 saturated heterocycles. The molecular weight excluding hydrogens is 526 g/mol. The number of ether oxygens (including phenoxy) is 1. The van der Waals surface area contributed by atoms with Crippen LogP contribution in [0.4, 0.5) is 8.78 Å². The van der Waals surface area contributed by atoms with E-state index in [9.17, 15) is 23.5 Å². The van der Waals surface area contributed by atoms with Gasteiger partial charge in [0.05, 0.1) is 36.2 Å². The van der Waals surface area contributed by atoms with Gasteiger partial charge in [0.1, 0.15) is 28.5 Å². The van der Waals surface area contributed by atoms with Gasteiger partial charge in [0, 0.05) is 36.1 Å². The van der Waals surface area contributed by atoms with Crippen LogP contribution in [0.3, 0.4) is 0 Å². The summed E-state index contributed by atoms with van der Waals surface area (Å²) in [4.78, 5) is 33.4. The maximum atomic E-state index is 13.9. The van der Waals surface area contributed by atoms with Gasteiger partial charge in [-0.15, -0.1) is 0 Å². The standard InChI is InChI=1S/C24H25BrF2N4O4/c1-14-6-20(35-12-15-4-5-16(26)7-19(15)27)22(25)23(33)31(14)11-18-10-28-17(9-29-18)8-21(32)30-13-24(2,3)34/h4-7,9-10,34H,8,11-13H2,1-3H3,(H,30,32). The lowest BCUT2D eigenvalue weighted by atomic mass is 10.1. The molecule has 3 aromatic rings. The number of rotatable bonds is 9. The summed E-state index contributed by atoms with van der Waals surface area (Å²) in [7, 11) is 0. The van der Waals surface area contributed by atoms with Gasteiger partial charge < -0.3 is 19.7 Å². The first-order valence-corrected chi connectivity index (χ1v) is 11.5. The number of benzene rings is 1. The second kappa shape index (κ2) is 11.0. The molecule has 0 radical (unpaired) electrons. The molecule has 2 aromatic heterocycles. The summed E-state index contributed by atoms with van der Waals surface area (Å²) < 4.78 is 34.2. The number of hydrogen-bond acceptors (Lipinski definition) is 6. The number of carbonyl (C=O) groups excluding carboxylic acids is 1. The predicted molar refractivity (Wildman–Crippen MR) is 128 cm³/mol. The number of pyridine rings is 1. The lowest BCUT2D eigenvalue weighted by Crippen LogP contribution is -2.38. The van der Waals surface area contributed by atoms with Crippen LogP contribution in [-0.4, -0.2) is 37.7 Å². The van der Waals surface area contributed by atoms with Crippen LogP contribution in [0, 0.1) is 18.6 Å². The highest BCUT2D eigenvalue weighted by molar-refractivity contribution is 9.10. The Morgan fingerprint density at radius 3 is 2.51 bits per heavy atom. The van der Waals surface area contributed by atoms with Crippen molar-refractivity contribution in [2.45, 2.75) is 45.9 Å². The molecular formula is C24H25BrF2N4O4. The number of nitrogens with one attached hydrogen (secondary N) is 1. The molecule has 0 aliphatic rings. The number of aromatic nitrogens is 3. The third kappa shape index (κ3) is 7.40. The van der Waals surface area contributed by atoms with Crippen LogP contribution in [-0.2, 0) is 24.4 Å². The average Bonchev–Trinajstić information content (AvgIpc) is 2.78.